The fourth-order valence-corrected chi connectivity index (χ4v) is 7.36. The van der Waals surface area contributed by atoms with Crippen LogP contribution < -0.4 is 0 Å². The number of aromatic nitrogens is 4. The van der Waals surface area contributed by atoms with Gasteiger partial charge in [0.25, 0.3) is 0 Å². The van der Waals surface area contributed by atoms with Crippen LogP contribution in [-0.2, 0) is 6.42 Å². The van der Waals surface area contributed by atoms with Gasteiger partial charge in [-0.1, -0.05) is 97.1 Å². The Hall–Kier alpha value is -6.00. The van der Waals surface area contributed by atoms with Gasteiger partial charge in [-0.15, -0.1) is 0 Å². The van der Waals surface area contributed by atoms with Crippen LogP contribution in [0.2, 0.25) is 0 Å². The first-order chi connectivity index (χ1) is 22.3. The summed E-state index contributed by atoms with van der Waals surface area (Å²) in [5.74, 6) is 0.717. The van der Waals surface area contributed by atoms with E-state index in [2.05, 4.69) is 149 Å². The molecule has 0 bridgehead atoms. The van der Waals surface area contributed by atoms with Crippen molar-refractivity contribution in [1.82, 2.24) is 19.1 Å². The molecule has 3 aromatic heterocycles. The van der Waals surface area contributed by atoms with E-state index in [1.807, 2.05) is 6.20 Å². The number of rotatable bonds is 3. The molecule has 0 unspecified atom stereocenters. The number of hydrogen-bond acceptors (Lipinski definition) is 2. The molecule has 0 aliphatic heterocycles. The van der Waals surface area contributed by atoms with Crippen molar-refractivity contribution in [2.24, 2.45) is 0 Å². The minimum Gasteiger partial charge on any atom is -0.309 e. The van der Waals surface area contributed by atoms with Crippen LogP contribution >= 0.6 is 0 Å². The van der Waals surface area contributed by atoms with Crippen LogP contribution in [0.5, 0.6) is 0 Å². The lowest BCUT2D eigenvalue weighted by Crippen LogP contribution is -2.03. The van der Waals surface area contributed by atoms with Gasteiger partial charge in [0, 0.05) is 45.4 Å². The third-order valence-electron chi connectivity index (χ3n) is 9.41. The standard InChI is InChI=1S/C41H26N4/c1-2-11-29(12-3-1)44-37-16-8-6-14-31(37)33-20-18-27(24-40(33)44)26-19-21-39-34(22-26)32-15-7-9-17-38(32)45(39)41-42-25-35-30-13-5-4-10-28(30)23-36(35)43-41/h1-22,24-25H,23H2. The second kappa shape index (κ2) is 9.25. The van der Waals surface area contributed by atoms with Gasteiger partial charge in [-0.2, -0.15) is 0 Å². The summed E-state index contributed by atoms with van der Waals surface area (Å²) in [4.78, 5) is 10.0. The van der Waals surface area contributed by atoms with Crippen LogP contribution in [0.25, 0.3) is 77.5 Å². The quantitative estimate of drug-likeness (QED) is 0.211. The summed E-state index contributed by atoms with van der Waals surface area (Å²) in [6.45, 7) is 0. The minimum atomic E-state index is 0.717. The van der Waals surface area contributed by atoms with Gasteiger partial charge in [-0.3, -0.25) is 4.57 Å². The van der Waals surface area contributed by atoms with Crippen molar-refractivity contribution in [3.8, 4) is 33.9 Å². The molecule has 0 atom stereocenters. The Morgan fingerprint density at radius 2 is 1.11 bits per heavy atom. The van der Waals surface area contributed by atoms with E-state index in [-0.39, 0.29) is 0 Å². The highest BCUT2D eigenvalue weighted by Crippen LogP contribution is 2.39. The van der Waals surface area contributed by atoms with E-state index in [0.717, 1.165) is 34.4 Å². The highest BCUT2D eigenvalue weighted by Gasteiger charge is 2.22. The molecule has 210 valence electrons. The van der Waals surface area contributed by atoms with E-state index in [9.17, 15) is 0 Å². The topological polar surface area (TPSA) is 35.6 Å². The summed E-state index contributed by atoms with van der Waals surface area (Å²) in [6, 6.07) is 50.1. The molecule has 0 fully saturated rings. The lowest BCUT2D eigenvalue weighted by Gasteiger charge is -2.10. The van der Waals surface area contributed by atoms with Crippen LogP contribution in [0.15, 0.2) is 146 Å². The predicted octanol–water partition coefficient (Wildman–Crippen LogP) is 9.91. The number of nitrogens with zero attached hydrogens (tertiary/aromatic N) is 4. The van der Waals surface area contributed by atoms with Crippen molar-refractivity contribution in [2.75, 3.05) is 0 Å². The van der Waals surface area contributed by atoms with Crippen LogP contribution in [-0.4, -0.2) is 19.1 Å². The Morgan fingerprint density at radius 1 is 0.467 bits per heavy atom. The molecule has 0 saturated heterocycles. The Labute approximate surface area is 259 Å². The molecule has 6 aromatic carbocycles. The summed E-state index contributed by atoms with van der Waals surface area (Å²) in [5.41, 5.74) is 13.0. The Kier molecular flexibility index (Phi) is 5.02. The zero-order valence-electron chi connectivity index (χ0n) is 24.4. The Bertz CT molecular complexity index is 2620. The van der Waals surface area contributed by atoms with Gasteiger partial charge >= 0.3 is 0 Å². The highest BCUT2D eigenvalue weighted by atomic mass is 15.2. The summed E-state index contributed by atoms with van der Waals surface area (Å²) < 4.78 is 4.59. The van der Waals surface area contributed by atoms with Gasteiger partial charge in [0.2, 0.25) is 5.95 Å². The number of benzene rings is 6. The highest BCUT2D eigenvalue weighted by molar-refractivity contribution is 6.12. The maximum absolute atomic E-state index is 5.13. The molecular formula is C41H26N4. The third kappa shape index (κ3) is 3.54. The van der Waals surface area contributed by atoms with E-state index in [1.54, 1.807) is 0 Å². The summed E-state index contributed by atoms with van der Waals surface area (Å²) >= 11 is 0. The molecular weight excluding hydrogens is 548 g/mol. The average Bonchev–Trinajstić information content (AvgIpc) is 3.75. The zero-order valence-corrected chi connectivity index (χ0v) is 24.4. The maximum Gasteiger partial charge on any atom is 0.234 e. The van der Waals surface area contributed by atoms with Crippen LogP contribution in [0.4, 0.5) is 0 Å². The van der Waals surface area contributed by atoms with Gasteiger partial charge < -0.3 is 4.57 Å². The summed E-state index contributed by atoms with van der Waals surface area (Å²) in [5, 5.41) is 4.91. The Balaban J connectivity index is 1.16. The second-order valence-corrected chi connectivity index (χ2v) is 11.9. The maximum atomic E-state index is 5.13. The van der Waals surface area contributed by atoms with Crippen LogP contribution in [0, 0.1) is 0 Å². The van der Waals surface area contributed by atoms with E-state index in [4.69, 9.17) is 9.97 Å². The molecule has 0 N–H and O–H groups in total. The third-order valence-corrected chi connectivity index (χ3v) is 9.41. The molecule has 0 saturated carbocycles. The first-order valence-corrected chi connectivity index (χ1v) is 15.4. The van der Waals surface area contributed by atoms with Gasteiger partial charge in [-0.05, 0) is 64.7 Å². The SMILES string of the molecule is c1ccc(-n2c3ccccc3c3ccc(-c4ccc5c(c4)c4ccccc4n5-c4ncc5c(n4)Cc4ccccc4-5)cc32)cc1. The second-order valence-electron chi connectivity index (χ2n) is 11.9. The molecule has 10 rings (SSSR count). The number of para-hydroxylation sites is 3. The normalized spacial score (nSPS) is 12.4. The molecule has 0 amide bonds. The van der Waals surface area contributed by atoms with Gasteiger partial charge in [0.05, 0.1) is 27.8 Å². The largest absolute Gasteiger partial charge is 0.309 e. The van der Waals surface area contributed by atoms with Crippen molar-refractivity contribution >= 4 is 43.6 Å². The molecule has 3 heterocycles. The first-order valence-electron chi connectivity index (χ1n) is 15.4. The van der Waals surface area contributed by atoms with E-state index in [1.165, 1.54) is 54.8 Å². The van der Waals surface area contributed by atoms with Crippen molar-refractivity contribution < 1.29 is 0 Å². The van der Waals surface area contributed by atoms with Crippen molar-refractivity contribution in [3.05, 3.63) is 157 Å². The van der Waals surface area contributed by atoms with Crippen molar-refractivity contribution in [1.29, 1.82) is 0 Å². The van der Waals surface area contributed by atoms with Crippen LogP contribution in [0.1, 0.15) is 11.3 Å². The van der Waals surface area contributed by atoms with Crippen LogP contribution in [0.3, 0.4) is 0 Å². The minimum absolute atomic E-state index is 0.717. The zero-order chi connectivity index (χ0) is 29.5. The molecule has 4 heteroatoms. The summed E-state index contributed by atoms with van der Waals surface area (Å²) in [6.07, 6.45) is 2.84. The lowest BCUT2D eigenvalue weighted by molar-refractivity contribution is 0.955. The fourth-order valence-electron chi connectivity index (χ4n) is 7.36. The lowest BCUT2D eigenvalue weighted by atomic mass is 10.0. The smallest absolute Gasteiger partial charge is 0.234 e. The number of fused-ring (bicyclic) bond motifs is 9. The molecule has 0 spiro atoms. The molecule has 45 heavy (non-hydrogen) atoms. The molecule has 4 nitrogen and oxygen atoms in total. The predicted molar refractivity (Wildman–Crippen MR) is 184 cm³/mol. The van der Waals surface area contributed by atoms with Crippen molar-refractivity contribution in [3.63, 3.8) is 0 Å². The number of hydrogen-bond donors (Lipinski definition) is 0. The van der Waals surface area contributed by atoms with Gasteiger partial charge in [0.15, 0.2) is 0 Å². The molecule has 1 aliphatic rings. The van der Waals surface area contributed by atoms with E-state index in [0.29, 0.717) is 5.95 Å². The van der Waals surface area contributed by atoms with E-state index < -0.39 is 0 Å². The van der Waals surface area contributed by atoms with E-state index >= 15 is 0 Å². The monoisotopic (exact) mass is 574 g/mol. The van der Waals surface area contributed by atoms with Gasteiger partial charge in [0.1, 0.15) is 0 Å². The first kappa shape index (κ1) is 24.4. The molecule has 0 radical (unpaired) electrons. The van der Waals surface area contributed by atoms with Gasteiger partial charge in [-0.25, -0.2) is 9.97 Å². The van der Waals surface area contributed by atoms with Crippen molar-refractivity contribution in [2.45, 2.75) is 6.42 Å². The molecule has 9 aromatic rings. The molecule has 1 aliphatic carbocycles. The Morgan fingerprint density at radius 3 is 1.98 bits per heavy atom. The average molecular weight is 575 g/mol. The summed E-state index contributed by atoms with van der Waals surface area (Å²) in [7, 11) is 0. The fraction of sp³-hybridized carbons (Fsp3) is 0.0244.